The Hall–Kier alpha value is -1.12. The predicted molar refractivity (Wildman–Crippen MR) is 65.3 cm³/mol. The molecule has 0 fully saturated rings. The Labute approximate surface area is 109 Å². The van der Waals surface area contributed by atoms with Crippen LogP contribution < -0.4 is 11.3 Å². The topological polar surface area (TPSA) is 72.2 Å². The fraction of sp³-hybridized carbons (Fsp3) is 0.455. The highest BCUT2D eigenvalue weighted by Crippen LogP contribution is 2.25. The summed E-state index contributed by atoms with van der Waals surface area (Å²) in [5, 5.41) is 0. The number of hydrazine groups is 1. The van der Waals surface area contributed by atoms with E-state index in [-0.39, 0.29) is 18.6 Å². The van der Waals surface area contributed by atoms with Crippen LogP contribution in [0.15, 0.2) is 12.1 Å². The Kier molecular flexibility index (Phi) is 5.33. The smallest absolute Gasteiger partial charge is 0.147 e. The summed E-state index contributed by atoms with van der Waals surface area (Å²) >= 11 is 0. The lowest BCUT2D eigenvalue weighted by molar-refractivity contribution is 0.443. The van der Waals surface area contributed by atoms with Gasteiger partial charge in [-0.05, 0) is 12.8 Å². The second-order valence-corrected chi connectivity index (χ2v) is 6.53. The van der Waals surface area contributed by atoms with Gasteiger partial charge >= 0.3 is 0 Å². The molecule has 8 heteroatoms. The monoisotopic (exact) mass is 296 g/mol. The zero-order valence-corrected chi connectivity index (χ0v) is 11.1. The molecule has 0 aliphatic heterocycles. The Bertz CT molecular complexity index is 526. The molecule has 1 atom stereocenters. The van der Waals surface area contributed by atoms with Crippen LogP contribution in [0.5, 0.6) is 0 Å². The van der Waals surface area contributed by atoms with Crippen molar-refractivity contribution in [3.8, 4) is 0 Å². The van der Waals surface area contributed by atoms with Gasteiger partial charge in [-0.15, -0.1) is 0 Å². The molecule has 0 heterocycles. The fourth-order valence-corrected chi connectivity index (χ4v) is 2.44. The highest BCUT2D eigenvalue weighted by Gasteiger charge is 2.20. The van der Waals surface area contributed by atoms with E-state index in [0.717, 1.165) is 6.26 Å². The average Bonchev–Trinajstić information content (AvgIpc) is 2.23. The van der Waals surface area contributed by atoms with E-state index in [0.29, 0.717) is 12.1 Å². The van der Waals surface area contributed by atoms with E-state index < -0.39 is 38.9 Å². The van der Waals surface area contributed by atoms with E-state index in [1.165, 1.54) is 0 Å². The van der Waals surface area contributed by atoms with Gasteiger partial charge < -0.3 is 0 Å². The molecular formula is C11H15F3N2O2S. The molecule has 1 rings (SSSR count). The van der Waals surface area contributed by atoms with Crippen LogP contribution >= 0.6 is 0 Å². The molecule has 0 aliphatic carbocycles. The maximum atomic E-state index is 13.5. The van der Waals surface area contributed by atoms with Crippen LogP contribution in [-0.2, 0) is 9.84 Å². The summed E-state index contributed by atoms with van der Waals surface area (Å²) in [6.45, 7) is 0. The number of nitrogens with two attached hydrogens (primary N) is 1. The van der Waals surface area contributed by atoms with Crippen molar-refractivity contribution in [2.24, 2.45) is 5.84 Å². The van der Waals surface area contributed by atoms with E-state index in [1.54, 1.807) is 0 Å². The second kappa shape index (κ2) is 6.36. The van der Waals surface area contributed by atoms with E-state index in [4.69, 9.17) is 5.84 Å². The summed E-state index contributed by atoms with van der Waals surface area (Å²) in [6, 6.07) is 0.195. The number of sulfone groups is 1. The lowest BCUT2D eigenvalue weighted by Crippen LogP contribution is -2.30. The number of rotatable bonds is 6. The molecule has 0 aromatic heterocycles. The van der Waals surface area contributed by atoms with Gasteiger partial charge in [0.1, 0.15) is 27.3 Å². The van der Waals surface area contributed by atoms with Crippen LogP contribution in [0.1, 0.15) is 24.4 Å². The normalized spacial score (nSPS) is 13.5. The molecule has 1 unspecified atom stereocenters. The van der Waals surface area contributed by atoms with Crippen LogP contribution in [0.25, 0.3) is 0 Å². The highest BCUT2D eigenvalue weighted by atomic mass is 32.2. The molecule has 0 radical (unpaired) electrons. The Morgan fingerprint density at radius 3 is 2.21 bits per heavy atom. The summed E-state index contributed by atoms with van der Waals surface area (Å²) in [5.41, 5.74) is 1.82. The lowest BCUT2D eigenvalue weighted by atomic mass is 10.0. The second-order valence-electron chi connectivity index (χ2n) is 4.27. The van der Waals surface area contributed by atoms with E-state index in [9.17, 15) is 21.6 Å². The first kappa shape index (κ1) is 15.9. The summed E-state index contributed by atoms with van der Waals surface area (Å²) in [7, 11) is -3.15. The van der Waals surface area contributed by atoms with E-state index >= 15 is 0 Å². The third kappa shape index (κ3) is 4.81. The highest BCUT2D eigenvalue weighted by molar-refractivity contribution is 7.90. The molecule has 1 aromatic carbocycles. The van der Waals surface area contributed by atoms with Gasteiger partial charge in [-0.2, -0.15) is 0 Å². The van der Waals surface area contributed by atoms with Gasteiger partial charge in [0, 0.05) is 29.7 Å². The van der Waals surface area contributed by atoms with Crippen LogP contribution in [0.4, 0.5) is 13.2 Å². The van der Waals surface area contributed by atoms with Crippen LogP contribution in [0.3, 0.4) is 0 Å². The lowest BCUT2D eigenvalue weighted by Gasteiger charge is -2.17. The Morgan fingerprint density at radius 2 is 1.79 bits per heavy atom. The van der Waals surface area contributed by atoms with Gasteiger partial charge in [0.25, 0.3) is 0 Å². The molecular weight excluding hydrogens is 281 g/mol. The minimum atomic E-state index is -3.15. The summed E-state index contributed by atoms with van der Waals surface area (Å²) < 4.78 is 61.7. The van der Waals surface area contributed by atoms with Gasteiger partial charge in [-0.1, -0.05) is 0 Å². The van der Waals surface area contributed by atoms with E-state index in [2.05, 4.69) is 5.43 Å². The Balaban J connectivity index is 2.86. The maximum Gasteiger partial charge on any atom is 0.147 e. The third-order valence-electron chi connectivity index (χ3n) is 2.60. The SMILES string of the molecule is CS(=O)(=O)CCCC(NN)c1c(F)cc(F)cc1F. The molecule has 3 N–H and O–H groups in total. The standard InChI is InChI=1S/C11H15F3N2O2S/c1-19(17,18)4-2-3-10(16-15)11-8(13)5-7(12)6-9(11)14/h5-6,10,16H,2-4,15H2,1H3. The van der Waals surface area contributed by atoms with Gasteiger partial charge in [0.2, 0.25) is 0 Å². The molecule has 19 heavy (non-hydrogen) atoms. The molecule has 1 aromatic rings. The number of nitrogens with one attached hydrogen (secondary N) is 1. The molecule has 0 aliphatic rings. The van der Waals surface area contributed by atoms with Gasteiger partial charge in [0.15, 0.2) is 0 Å². The van der Waals surface area contributed by atoms with E-state index in [1.807, 2.05) is 0 Å². The van der Waals surface area contributed by atoms with Crippen molar-refractivity contribution in [2.45, 2.75) is 18.9 Å². The summed E-state index contributed by atoms with van der Waals surface area (Å²) in [4.78, 5) is 0. The van der Waals surface area contributed by atoms with Crippen molar-refractivity contribution in [3.63, 3.8) is 0 Å². The maximum absolute atomic E-state index is 13.5. The summed E-state index contributed by atoms with van der Waals surface area (Å²) in [6.07, 6.45) is 1.37. The van der Waals surface area contributed by atoms with Crippen molar-refractivity contribution in [1.82, 2.24) is 5.43 Å². The van der Waals surface area contributed by atoms with Crippen molar-refractivity contribution in [1.29, 1.82) is 0 Å². The van der Waals surface area contributed by atoms with Crippen molar-refractivity contribution >= 4 is 9.84 Å². The molecule has 108 valence electrons. The first-order valence-electron chi connectivity index (χ1n) is 5.53. The minimum absolute atomic E-state index is 0.114. The molecule has 0 amide bonds. The number of hydrogen-bond donors (Lipinski definition) is 2. The first-order chi connectivity index (χ1) is 8.74. The van der Waals surface area contributed by atoms with Gasteiger partial charge in [-0.3, -0.25) is 11.3 Å². The molecule has 0 saturated heterocycles. The van der Waals surface area contributed by atoms with Gasteiger partial charge in [-0.25, -0.2) is 21.6 Å². The number of halogens is 3. The average molecular weight is 296 g/mol. The number of hydrogen-bond acceptors (Lipinski definition) is 4. The number of benzene rings is 1. The molecule has 0 bridgehead atoms. The minimum Gasteiger partial charge on any atom is -0.271 e. The molecule has 0 spiro atoms. The van der Waals surface area contributed by atoms with Crippen LogP contribution in [0, 0.1) is 17.5 Å². The van der Waals surface area contributed by atoms with Crippen LogP contribution in [-0.4, -0.2) is 20.4 Å². The quantitative estimate of drug-likeness (QED) is 0.615. The Morgan fingerprint density at radius 1 is 1.26 bits per heavy atom. The van der Waals surface area contributed by atoms with Gasteiger partial charge in [0.05, 0.1) is 6.04 Å². The zero-order valence-electron chi connectivity index (χ0n) is 10.3. The summed E-state index contributed by atoms with van der Waals surface area (Å²) in [5.74, 6) is 1.95. The zero-order chi connectivity index (χ0) is 14.6. The fourth-order valence-electron chi connectivity index (χ4n) is 1.75. The molecule has 0 saturated carbocycles. The molecule has 4 nitrogen and oxygen atoms in total. The van der Waals surface area contributed by atoms with Crippen LogP contribution in [0.2, 0.25) is 0 Å². The largest absolute Gasteiger partial charge is 0.271 e. The van der Waals surface area contributed by atoms with Crippen molar-refractivity contribution in [2.75, 3.05) is 12.0 Å². The van der Waals surface area contributed by atoms with Crippen molar-refractivity contribution in [3.05, 3.63) is 35.1 Å². The first-order valence-corrected chi connectivity index (χ1v) is 7.59. The van der Waals surface area contributed by atoms with Crippen molar-refractivity contribution < 1.29 is 21.6 Å². The third-order valence-corrected chi connectivity index (χ3v) is 3.63. The predicted octanol–water partition coefficient (Wildman–Crippen LogP) is 1.43.